The molecule has 1 amide bonds. The Labute approximate surface area is 162 Å². The fourth-order valence-corrected chi connectivity index (χ4v) is 3.90. The Morgan fingerprint density at radius 1 is 1.50 bits per heavy atom. The summed E-state index contributed by atoms with van der Waals surface area (Å²) in [5.74, 6) is 5.69. The van der Waals surface area contributed by atoms with Gasteiger partial charge >= 0.3 is 6.09 Å². The summed E-state index contributed by atoms with van der Waals surface area (Å²) in [4.78, 5) is 22.6. The molecule has 3 heterocycles. The molecule has 0 bridgehead atoms. The highest BCUT2D eigenvalue weighted by atomic mass is 19.1. The van der Waals surface area contributed by atoms with Crippen molar-refractivity contribution in [2.75, 3.05) is 18.1 Å². The molecule has 146 valence electrons. The standard InChI is InChI=1S/C20H22FN5O2/c1-2-18-17-8-14-7-12(3-5-16(14)26(17)20(27)28-18)13-4-6-19(23-10-13)24-11-15(9-21)25-22/h3-5,7,11,17-18H,2,6,8-10,22H2,1H3. The van der Waals surface area contributed by atoms with E-state index >= 15 is 0 Å². The number of hydrogen-bond donors (Lipinski definition) is 1. The topological polar surface area (TPSA) is 92.6 Å². The van der Waals surface area contributed by atoms with E-state index in [4.69, 9.17) is 10.6 Å². The number of rotatable bonds is 4. The first-order valence-electron chi connectivity index (χ1n) is 9.36. The van der Waals surface area contributed by atoms with Gasteiger partial charge in [-0.2, -0.15) is 5.10 Å². The average molecular weight is 383 g/mol. The Hall–Kier alpha value is -3.03. The van der Waals surface area contributed by atoms with Crippen LogP contribution in [0.5, 0.6) is 0 Å². The number of dihydropyridines is 1. The van der Waals surface area contributed by atoms with Gasteiger partial charge in [0.05, 0.1) is 24.5 Å². The number of fused-ring (bicyclic) bond motifs is 3. The normalized spacial score (nSPS) is 24.1. The number of halogens is 1. The minimum Gasteiger partial charge on any atom is -0.444 e. The lowest BCUT2D eigenvalue weighted by molar-refractivity contribution is 0.129. The molecule has 3 aliphatic rings. The smallest absolute Gasteiger partial charge is 0.415 e. The van der Waals surface area contributed by atoms with E-state index in [-0.39, 0.29) is 24.0 Å². The Balaban J connectivity index is 1.48. The van der Waals surface area contributed by atoms with E-state index in [0.717, 1.165) is 35.2 Å². The molecular weight excluding hydrogens is 361 g/mol. The minimum absolute atomic E-state index is 0.0477. The number of hydrazone groups is 1. The second-order valence-corrected chi connectivity index (χ2v) is 6.99. The van der Waals surface area contributed by atoms with Crippen LogP contribution in [0.4, 0.5) is 14.9 Å². The highest BCUT2D eigenvalue weighted by molar-refractivity contribution is 6.32. The van der Waals surface area contributed by atoms with Crippen LogP contribution in [0.2, 0.25) is 0 Å². The lowest BCUT2D eigenvalue weighted by Gasteiger charge is -2.15. The van der Waals surface area contributed by atoms with Crippen molar-refractivity contribution in [1.29, 1.82) is 0 Å². The molecule has 2 atom stereocenters. The van der Waals surface area contributed by atoms with Crippen LogP contribution in [-0.2, 0) is 11.2 Å². The maximum atomic E-state index is 12.6. The molecule has 1 aromatic carbocycles. The third-order valence-corrected chi connectivity index (χ3v) is 5.38. The van der Waals surface area contributed by atoms with Gasteiger partial charge in [-0.3, -0.25) is 9.89 Å². The summed E-state index contributed by atoms with van der Waals surface area (Å²) in [5.41, 5.74) is 4.40. The quantitative estimate of drug-likeness (QED) is 0.492. The zero-order chi connectivity index (χ0) is 19.7. The Morgan fingerprint density at radius 2 is 2.36 bits per heavy atom. The third kappa shape index (κ3) is 3.19. The van der Waals surface area contributed by atoms with E-state index in [0.29, 0.717) is 18.8 Å². The number of carbonyl (C=O) groups excluding carboxylic acids is 1. The zero-order valence-corrected chi connectivity index (χ0v) is 15.6. The summed E-state index contributed by atoms with van der Waals surface area (Å²) in [5, 5.41) is 3.31. The molecule has 3 aliphatic heterocycles. The number of hydrogen-bond acceptors (Lipinski definition) is 6. The second-order valence-electron chi connectivity index (χ2n) is 6.99. The largest absolute Gasteiger partial charge is 0.444 e. The van der Waals surface area contributed by atoms with Crippen molar-refractivity contribution >= 4 is 35.1 Å². The predicted molar refractivity (Wildman–Crippen MR) is 108 cm³/mol. The number of carbonyl (C=O) groups is 1. The molecule has 0 aromatic heterocycles. The van der Waals surface area contributed by atoms with Gasteiger partial charge < -0.3 is 10.6 Å². The number of ether oxygens (including phenoxy) is 1. The van der Waals surface area contributed by atoms with Gasteiger partial charge in [0.15, 0.2) is 0 Å². The van der Waals surface area contributed by atoms with Crippen molar-refractivity contribution in [3.05, 3.63) is 35.4 Å². The van der Waals surface area contributed by atoms with Crippen LogP contribution >= 0.6 is 0 Å². The summed E-state index contributed by atoms with van der Waals surface area (Å²) in [7, 11) is 0. The van der Waals surface area contributed by atoms with Gasteiger partial charge in [0.25, 0.3) is 0 Å². The first-order chi connectivity index (χ1) is 13.6. The Bertz CT molecular complexity index is 921. The summed E-state index contributed by atoms with van der Waals surface area (Å²) >= 11 is 0. The van der Waals surface area contributed by atoms with Crippen LogP contribution in [0.25, 0.3) is 5.57 Å². The van der Waals surface area contributed by atoms with Gasteiger partial charge in [-0.15, -0.1) is 0 Å². The Kier molecular flexibility index (Phi) is 4.93. The number of amidine groups is 1. The third-order valence-electron chi connectivity index (χ3n) is 5.38. The van der Waals surface area contributed by atoms with E-state index < -0.39 is 6.67 Å². The number of alkyl halides is 1. The van der Waals surface area contributed by atoms with Crippen LogP contribution < -0.4 is 10.7 Å². The molecule has 4 rings (SSSR count). The van der Waals surface area contributed by atoms with Crippen molar-refractivity contribution in [2.45, 2.75) is 38.3 Å². The monoisotopic (exact) mass is 383 g/mol. The van der Waals surface area contributed by atoms with Crippen LogP contribution in [0, 0.1) is 0 Å². The van der Waals surface area contributed by atoms with Crippen molar-refractivity contribution < 1.29 is 13.9 Å². The second kappa shape index (κ2) is 7.53. The van der Waals surface area contributed by atoms with Gasteiger partial charge in [-0.25, -0.2) is 14.2 Å². The van der Waals surface area contributed by atoms with Gasteiger partial charge in [0, 0.05) is 6.42 Å². The predicted octanol–water partition coefficient (Wildman–Crippen LogP) is 2.89. The number of cyclic esters (lactones) is 1. The van der Waals surface area contributed by atoms with Crippen LogP contribution in [0.3, 0.4) is 0 Å². The van der Waals surface area contributed by atoms with E-state index in [9.17, 15) is 9.18 Å². The summed E-state index contributed by atoms with van der Waals surface area (Å²) in [6.45, 7) is 1.79. The molecule has 0 saturated carbocycles. The lowest BCUT2D eigenvalue weighted by Crippen LogP contribution is -2.32. The Morgan fingerprint density at radius 3 is 3.04 bits per heavy atom. The van der Waals surface area contributed by atoms with Gasteiger partial charge in [-0.05, 0) is 41.7 Å². The molecule has 7 nitrogen and oxygen atoms in total. The molecule has 1 aromatic rings. The van der Waals surface area contributed by atoms with Gasteiger partial charge in [-0.1, -0.05) is 19.1 Å². The lowest BCUT2D eigenvalue weighted by atomic mass is 9.98. The number of nitrogens with two attached hydrogens (primary N) is 1. The molecule has 1 fully saturated rings. The molecule has 0 spiro atoms. The van der Waals surface area contributed by atoms with E-state index in [1.165, 1.54) is 6.21 Å². The average Bonchev–Trinajstić information content (AvgIpc) is 3.25. The number of benzene rings is 1. The van der Waals surface area contributed by atoms with Crippen LogP contribution in [0.15, 0.2) is 39.4 Å². The molecule has 1 saturated heterocycles. The van der Waals surface area contributed by atoms with Gasteiger partial charge in [0.2, 0.25) is 0 Å². The summed E-state index contributed by atoms with van der Waals surface area (Å²) in [6.07, 6.45) is 5.28. The molecular formula is C20H22FN5O2. The number of amides is 1. The maximum Gasteiger partial charge on any atom is 0.415 e. The van der Waals surface area contributed by atoms with Crippen molar-refractivity contribution in [3.8, 4) is 0 Å². The molecule has 28 heavy (non-hydrogen) atoms. The molecule has 2 unspecified atom stereocenters. The zero-order valence-electron chi connectivity index (χ0n) is 15.6. The highest BCUT2D eigenvalue weighted by Crippen LogP contribution is 2.40. The number of aliphatic imine (C=N–C) groups is 2. The number of nitrogens with zero attached hydrogens (tertiary/aromatic N) is 4. The van der Waals surface area contributed by atoms with Crippen molar-refractivity contribution in [3.63, 3.8) is 0 Å². The number of anilines is 1. The van der Waals surface area contributed by atoms with E-state index in [2.05, 4.69) is 27.2 Å². The SMILES string of the molecule is CCC1OC(=O)N2c3ccc(C4=CCC(N=CC(CF)=NN)=NC4)cc3CC12. The molecule has 8 heteroatoms. The van der Waals surface area contributed by atoms with Crippen molar-refractivity contribution in [2.24, 2.45) is 20.9 Å². The summed E-state index contributed by atoms with van der Waals surface area (Å²) in [6, 6.07) is 6.25. The summed E-state index contributed by atoms with van der Waals surface area (Å²) < 4.78 is 18.0. The van der Waals surface area contributed by atoms with E-state index in [1.54, 1.807) is 4.90 Å². The van der Waals surface area contributed by atoms with Crippen molar-refractivity contribution in [1.82, 2.24) is 0 Å². The molecule has 0 radical (unpaired) electrons. The minimum atomic E-state index is -0.756. The first kappa shape index (κ1) is 18.3. The van der Waals surface area contributed by atoms with Crippen LogP contribution in [-0.4, -0.2) is 49.2 Å². The highest BCUT2D eigenvalue weighted by Gasteiger charge is 2.46. The molecule has 2 N–H and O–H groups in total. The van der Waals surface area contributed by atoms with Gasteiger partial charge in [0.1, 0.15) is 24.3 Å². The first-order valence-corrected chi connectivity index (χ1v) is 9.36. The van der Waals surface area contributed by atoms with Crippen LogP contribution in [0.1, 0.15) is 30.9 Å². The fourth-order valence-electron chi connectivity index (χ4n) is 3.90. The van der Waals surface area contributed by atoms with E-state index in [1.807, 2.05) is 19.1 Å². The molecule has 0 aliphatic carbocycles. The fraction of sp³-hybridized carbons (Fsp3) is 0.400. The maximum absolute atomic E-state index is 12.6.